The molecule has 3 heterocycles. The van der Waals surface area contributed by atoms with Gasteiger partial charge in [-0.3, -0.25) is 13.9 Å². The summed E-state index contributed by atoms with van der Waals surface area (Å²) in [5.41, 5.74) is 3.88. The molecule has 6 nitrogen and oxygen atoms in total. The molecule has 1 atom stereocenters. The summed E-state index contributed by atoms with van der Waals surface area (Å²) >= 11 is 0. The maximum absolute atomic E-state index is 13.2. The normalized spacial score (nSPS) is 19.2. The third kappa shape index (κ3) is 3.48. The van der Waals surface area contributed by atoms with E-state index in [1.54, 1.807) is 6.20 Å². The third-order valence-corrected chi connectivity index (χ3v) is 6.18. The monoisotopic (exact) mass is 390 g/mol. The number of amides is 1. The van der Waals surface area contributed by atoms with Crippen LogP contribution in [-0.2, 0) is 17.8 Å². The Kier molecular flexibility index (Phi) is 4.49. The summed E-state index contributed by atoms with van der Waals surface area (Å²) in [5.74, 6) is 0.740. The van der Waals surface area contributed by atoms with Crippen LogP contribution in [-0.4, -0.2) is 38.0 Å². The van der Waals surface area contributed by atoms with Crippen molar-refractivity contribution in [3.8, 4) is 0 Å². The molecule has 1 saturated carbocycles. The number of pyridine rings is 1. The summed E-state index contributed by atoms with van der Waals surface area (Å²) in [5, 5.41) is 0. The average Bonchev–Trinajstić information content (AvgIpc) is 3.32. The molecule has 0 N–H and O–H groups in total. The van der Waals surface area contributed by atoms with Crippen LogP contribution in [0.1, 0.15) is 36.4 Å². The zero-order valence-corrected chi connectivity index (χ0v) is 16.8. The molecule has 1 aromatic carbocycles. The molecule has 0 bridgehead atoms. The van der Waals surface area contributed by atoms with E-state index in [1.165, 1.54) is 12.8 Å². The van der Waals surface area contributed by atoms with E-state index in [9.17, 15) is 9.59 Å². The Bertz CT molecular complexity index is 1130. The second kappa shape index (κ2) is 7.17. The standard InChI is InChI=1S/C23H26N4O2/c1-16-4-2-5-18(12-16)13-21(28)25-11-9-19(15-25)27-22-20(6-3-10-24-22)26(23(27)29)14-17-7-8-17/h2-6,10,12,17,19H,7-9,11,13-15H2,1H3/t19-/m1/s1. The molecule has 0 spiro atoms. The zero-order chi connectivity index (χ0) is 20.0. The Morgan fingerprint density at radius 1 is 1.17 bits per heavy atom. The van der Waals surface area contributed by atoms with E-state index in [4.69, 9.17) is 0 Å². The van der Waals surface area contributed by atoms with Crippen LogP contribution >= 0.6 is 0 Å². The van der Waals surface area contributed by atoms with E-state index in [0.717, 1.165) is 35.3 Å². The van der Waals surface area contributed by atoms with Gasteiger partial charge in [0.1, 0.15) is 0 Å². The van der Waals surface area contributed by atoms with Gasteiger partial charge in [-0.05, 0) is 49.8 Å². The molecule has 0 unspecified atom stereocenters. The van der Waals surface area contributed by atoms with E-state index in [2.05, 4.69) is 11.1 Å². The summed E-state index contributed by atoms with van der Waals surface area (Å²) in [4.78, 5) is 32.5. The first kappa shape index (κ1) is 18.2. The molecule has 29 heavy (non-hydrogen) atoms. The summed E-state index contributed by atoms with van der Waals surface area (Å²) in [7, 11) is 0. The Morgan fingerprint density at radius 2 is 2.03 bits per heavy atom. The first-order valence-electron chi connectivity index (χ1n) is 10.5. The molecule has 1 saturated heterocycles. The minimum absolute atomic E-state index is 0.0122. The number of likely N-dealkylation sites (tertiary alicyclic amines) is 1. The SMILES string of the molecule is Cc1cccc(CC(=O)N2CC[C@@H](n3c(=O)n(CC4CC4)c4cccnc43)C2)c1. The fourth-order valence-corrected chi connectivity index (χ4v) is 4.46. The summed E-state index contributed by atoms with van der Waals surface area (Å²) in [6.45, 7) is 4.07. The van der Waals surface area contributed by atoms with Crippen molar-refractivity contribution in [3.63, 3.8) is 0 Å². The van der Waals surface area contributed by atoms with Gasteiger partial charge in [-0.1, -0.05) is 29.8 Å². The predicted molar refractivity (Wildman–Crippen MR) is 112 cm³/mol. The van der Waals surface area contributed by atoms with Crippen LogP contribution < -0.4 is 5.69 Å². The Morgan fingerprint density at radius 3 is 2.83 bits per heavy atom. The second-order valence-electron chi connectivity index (χ2n) is 8.50. The van der Waals surface area contributed by atoms with Crippen LogP contribution in [0.25, 0.3) is 11.2 Å². The highest BCUT2D eigenvalue weighted by atomic mass is 16.2. The lowest BCUT2D eigenvalue weighted by molar-refractivity contribution is -0.129. The van der Waals surface area contributed by atoms with Gasteiger partial charge >= 0.3 is 5.69 Å². The first-order chi connectivity index (χ1) is 14.1. The molecule has 2 aliphatic rings. The van der Waals surface area contributed by atoms with Gasteiger partial charge in [-0.15, -0.1) is 0 Å². The van der Waals surface area contributed by atoms with Gasteiger partial charge in [0.05, 0.1) is 18.0 Å². The van der Waals surface area contributed by atoms with Gasteiger partial charge in [0.2, 0.25) is 5.91 Å². The lowest BCUT2D eigenvalue weighted by Crippen LogP contribution is -2.33. The van der Waals surface area contributed by atoms with Gasteiger partial charge < -0.3 is 4.90 Å². The third-order valence-electron chi connectivity index (χ3n) is 6.18. The number of aromatic nitrogens is 3. The number of fused-ring (bicyclic) bond motifs is 1. The molecule has 1 aliphatic carbocycles. The van der Waals surface area contributed by atoms with Crippen molar-refractivity contribution in [2.75, 3.05) is 13.1 Å². The molecular weight excluding hydrogens is 364 g/mol. The average molecular weight is 390 g/mol. The Balaban J connectivity index is 1.38. The zero-order valence-electron chi connectivity index (χ0n) is 16.8. The van der Waals surface area contributed by atoms with Gasteiger partial charge in [-0.25, -0.2) is 9.78 Å². The molecule has 5 rings (SSSR count). The van der Waals surface area contributed by atoms with Crippen LogP contribution in [0.15, 0.2) is 47.4 Å². The quantitative estimate of drug-likeness (QED) is 0.673. The van der Waals surface area contributed by atoms with Crippen molar-refractivity contribution < 1.29 is 4.79 Å². The lowest BCUT2D eigenvalue weighted by Gasteiger charge is -2.17. The lowest BCUT2D eigenvalue weighted by atomic mass is 10.1. The number of aryl methyl sites for hydroxylation is 1. The fraction of sp³-hybridized carbons (Fsp3) is 0.435. The maximum atomic E-state index is 13.2. The largest absolute Gasteiger partial charge is 0.340 e. The smallest absolute Gasteiger partial charge is 0.330 e. The van der Waals surface area contributed by atoms with E-state index in [-0.39, 0.29) is 17.6 Å². The minimum atomic E-state index is -0.0122. The Hall–Kier alpha value is -2.89. The minimum Gasteiger partial charge on any atom is -0.340 e. The van der Waals surface area contributed by atoms with Crippen LogP contribution in [0.5, 0.6) is 0 Å². The number of nitrogens with zero attached hydrogens (tertiary/aromatic N) is 4. The number of imidazole rings is 1. The van der Waals surface area contributed by atoms with Gasteiger partial charge in [0.15, 0.2) is 5.65 Å². The second-order valence-corrected chi connectivity index (χ2v) is 8.50. The van der Waals surface area contributed by atoms with Crippen LogP contribution in [0.2, 0.25) is 0 Å². The number of hydrogen-bond acceptors (Lipinski definition) is 3. The number of hydrogen-bond donors (Lipinski definition) is 0. The molecule has 150 valence electrons. The molecule has 1 amide bonds. The van der Waals surface area contributed by atoms with Gasteiger partial charge in [0.25, 0.3) is 0 Å². The molecule has 3 aromatic rings. The van der Waals surface area contributed by atoms with Crippen LogP contribution in [0.3, 0.4) is 0 Å². The van der Waals surface area contributed by atoms with Crippen LogP contribution in [0.4, 0.5) is 0 Å². The highest BCUT2D eigenvalue weighted by molar-refractivity contribution is 5.79. The van der Waals surface area contributed by atoms with Crippen LogP contribution in [0, 0.1) is 12.8 Å². The summed E-state index contributed by atoms with van der Waals surface area (Å²) in [6.07, 6.45) is 5.34. The van der Waals surface area contributed by atoms with Gasteiger partial charge in [-0.2, -0.15) is 0 Å². The van der Waals surface area contributed by atoms with E-state index >= 15 is 0 Å². The molecule has 6 heteroatoms. The number of carbonyl (C=O) groups is 1. The number of benzene rings is 1. The highest BCUT2D eigenvalue weighted by Crippen LogP contribution is 2.32. The van der Waals surface area contributed by atoms with Crippen molar-refractivity contribution in [1.82, 2.24) is 19.0 Å². The van der Waals surface area contributed by atoms with Crippen molar-refractivity contribution in [3.05, 3.63) is 64.2 Å². The predicted octanol–water partition coefficient (Wildman–Crippen LogP) is 2.93. The number of carbonyl (C=O) groups excluding carboxylic acids is 1. The molecule has 2 aromatic heterocycles. The van der Waals surface area contributed by atoms with Crippen molar-refractivity contribution in [1.29, 1.82) is 0 Å². The maximum Gasteiger partial charge on any atom is 0.330 e. The van der Waals surface area contributed by atoms with E-state index in [0.29, 0.717) is 25.4 Å². The highest BCUT2D eigenvalue weighted by Gasteiger charge is 2.32. The molecule has 0 radical (unpaired) electrons. The van der Waals surface area contributed by atoms with Crippen molar-refractivity contribution in [2.24, 2.45) is 5.92 Å². The Labute approximate surface area is 169 Å². The summed E-state index contributed by atoms with van der Waals surface area (Å²) in [6, 6.07) is 12.0. The van der Waals surface area contributed by atoms with Crippen molar-refractivity contribution >= 4 is 17.1 Å². The molecular formula is C23H26N4O2. The first-order valence-corrected chi connectivity index (χ1v) is 10.5. The summed E-state index contributed by atoms with van der Waals surface area (Å²) < 4.78 is 3.72. The molecule has 2 fully saturated rings. The van der Waals surface area contributed by atoms with E-state index in [1.807, 2.05) is 51.3 Å². The fourth-order valence-electron chi connectivity index (χ4n) is 4.46. The van der Waals surface area contributed by atoms with Gasteiger partial charge in [0, 0.05) is 25.8 Å². The van der Waals surface area contributed by atoms with E-state index < -0.39 is 0 Å². The number of rotatable bonds is 5. The van der Waals surface area contributed by atoms with Crippen molar-refractivity contribution in [2.45, 2.75) is 45.2 Å². The topological polar surface area (TPSA) is 60.1 Å². The molecule has 1 aliphatic heterocycles.